The second kappa shape index (κ2) is 8.96. The number of hydrogen-bond donors (Lipinski definition) is 0. The summed E-state index contributed by atoms with van der Waals surface area (Å²) < 4.78 is 40.2. The summed E-state index contributed by atoms with van der Waals surface area (Å²) in [5, 5.41) is 0. The van der Waals surface area contributed by atoms with E-state index in [1.807, 2.05) is 36.5 Å². The molecule has 2 aromatic carbocycles. The summed E-state index contributed by atoms with van der Waals surface area (Å²) in [4.78, 5) is 26.0. The first-order valence-electron chi connectivity index (χ1n) is 9.68. The van der Waals surface area contributed by atoms with Gasteiger partial charge in [-0.1, -0.05) is 0 Å². The van der Waals surface area contributed by atoms with Gasteiger partial charge in [-0.3, -0.25) is 0 Å². The molecule has 0 saturated heterocycles. The Morgan fingerprint density at radius 1 is 0.677 bits per heavy atom. The average molecular weight is 456 g/mol. The maximum absolute atomic E-state index is 13.3. The van der Waals surface area contributed by atoms with Gasteiger partial charge in [0.15, 0.2) is 0 Å². The Balaban J connectivity index is 1.73. The first kappa shape index (κ1) is 21.2. The van der Waals surface area contributed by atoms with E-state index >= 15 is 0 Å². The Hall–Kier alpha value is -3.09. The number of hydrogen-bond acceptors (Lipinski definition) is 4. The third-order valence-corrected chi connectivity index (χ3v) is 10.3. The van der Waals surface area contributed by atoms with Gasteiger partial charge in [-0.2, -0.15) is 0 Å². The Morgan fingerprint density at radius 2 is 1.06 bits per heavy atom. The van der Waals surface area contributed by atoms with Crippen molar-refractivity contribution in [2.24, 2.45) is 0 Å². The Bertz CT molecular complexity index is 1040. The molecule has 0 heterocycles. The molecule has 2 aliphatic carbocycles. The summed E-state index contributed by atoms with van der Waals surface area (Å²) in [6.07, 6.45) is 12.1. The molecule has 4 rings (SSSR count). The molecule has 0 spiro atoms. The van der Waals surface area contributed by atoms with Crippen LogP contribution in [-0.4, -0.2) is 11.9 Å². The zero-order chi connectivity index (χ0) is 21.8. The molecule has 0 N–H and O–H groups in total. The molecule has 0 aromatic heterocycles. The van der Waals surface area contributed by atoms with Crippen LogP contribution in [0.5, 0.6) is 0 Å². The monoisotopic (exact) mass is 456 g/mol. The molecule has 2 aromatic rings. The number of carbonyl (C=O) groups excluding carboxylic acids is 2. The first-order chi connectivity index (χ1) is 15.0. The summed E-state index contributed by atoms with van der Waals surface area (Å²) in [7, 11) is 0. The third kappa shape index (κ3) is 4.50. The Morgan fingerprint density at radius 3 is 1.39 bits per heavy atom. The van der Waals surface area contributed by atoms with Crippen LogP contribution in [0.3, 0.4) is 0 Å². The van der Waals surface area contributed by atoms with E-state index in [0.29, 0.717) is 12.8 Å². The number of halogens is 2. The van der Waals surface area contributed by atoms with Crippen molar-refractivity contribution in [1.29, 1.82) is 0 Å². The molecule has 0 amide bonds. The van der Waals surface area contributed by atoms with E-state index in [9.17, 15) is 18.4 Å². The zero-order valence-corrected chi connectivity index (χ0v) is 17.9. The molecule has 0 unspecified atom stereocenters. The molecule has 0 aliphatic heterocycles. The Kier molecular flexibility index (Phi) is 6.12. The van der Waals surface area contributed by atoms with Crippen molar-refractivity contribution in [3.05, 3.63) is 116 Å². The van der Waals surface area contributed by atoms with Crippen molar-refractivity contribution in [2.45, 2.75) is 12.8 Å². The van der Waals surface area contributed by atoms with Crippen molar-refractivity contribution in [2.75, 3.05) is 0 Å². The molecule has 2 aliphatic rings. The SMILES string of the molecule is O=C([O][Ti]([O]C(=O)c1ccc(F)cc1)([C]1=CC=CC1)[C]1=CC=CC1)c1ccc(F)cc1. The van der Waals surface area contributed by atoms with Crippen LogP contribution < -0.4 is 0 Å². The van der Waals surface area contributed by atoms with Crippen molar-refractivity contribution >= 4 is 11.9 Å². The number of allylic oxidation sites excluding steroid dienone is 8. The van der Waals surface area contributed by atoms with Crippen LogP contribution in [0, 0.1) is 11.6 Å². The summed E-state index contributed by atoms with van der Waals surface area (Å²) in [6, 6.07) is 9.99. The fourth-order valence-electron chi connectivity index (χ4n) is 3.42. The van der Waals surface area contributed by atoms with Gasteiger partial charge in [0, 0.05) is 0 Å². The number of rotatable bonds is 6. The molecule has 0 radical (unpaired) electrons. The predicted molar refractivity (Wildman–Crippen MR) is 107 cm³/mol. The molecule has 31 heavy (non-hydrogen) atoms. The number of carbonyl (C=O) groups is 2. The minimum absolute atomic E-state index is 0.160. The van der Waals surface area contributed by atoms with Gasteiger partial charge >= 0.3 is 183 Å². The molecule has 0 atom stereocenters. The second-order valence-electron chi connectivity index (χ2n) is 7.06. The summed E-state index contributed by atoms with van der Waals surface area (Å²) >= 11 is -4.42. The molecular formula is C24H18F2O4Ti. The third-order valence-electron chi connectivity index (χ3n) is 5.02. The Labute approximate surface area is 182 Å². The standard InChI is InChI=1S/2C7H5FO2.2C5H5.Ti/c2*8-6-3-1-5(2-4-6)7(9)10;2*1-2-4-5-3-1;/h2*1-4H,(H,9,10);2*1-3H,4H2;/q;;;;+2/p-2. The fraction of sp³-hybridized carbons (Fsp3) is 0.0833. The fourth-order valence-corrected chi connectivity index (χ4v) is 8.33. The molecule has 0 bridgehead atoms. The van der Waals surface area contributed by atoms with Gasteiger partial charge in [-0.05, 0) is 0 Å². The van der Waals surface area contributed by atoms with Gasteiger partial charge < -0.3 is 0 Å². The predicted octanol–water partition coefficient (Wildman–Crippen LogP) is 5.65. The van der Waals surface area contributed by atoms with E-state index in [1.165, 1.54) is 48.5 Å². The van der Waals surface area contributed by atoms with Crippen LogP contribution in [0.4, 0.5) is 8.78 Å². The molecule has 0 fully saturated rings. The van der Waals surface area contributed by atoms with Crippen LogP contribution in [0.15, 0.2) is 92.7 Å². The summed E-state index contributed by atoms with van der Waals surface area (Å²) in [6.45, 7) is 0. The average Bonchev–Trinajstić information content (AvgIpc) is 3.49. The van der Waals surface area contributed by atoms with E-state index in [-0.39, 0.29) is 11.1 Å². The molecular weight excluding hydrogens is 438 g/mol. The van der Waals surface area contributed by atoms with Crippen molar-refractivity contribution < 1.29 is 42.4 Å². The molecule has 7 heteroatoms. The van der Waals surface area contributed by atoms with Crippen molar-refractivity contribution in [3.8, 4) is 0 Å². The van der Waals surface area contributed by atoms with Gasteiger partial charge in [-0.25, -0.2) is 0 Å². The zero-order valence-electron chi connectivity index (χ0n) is 16.4. The van der Waals surface area contributed by atoms with Crippen molar-refractivity contribution in [1.82, 2.24) is 0 Å². The normalized spacial score (nSPS) is 14.9. The van der Waals surface area contributed by atoms with Gasteiger partial charge in [0.25, 0.3) is 0 Å². The molecule has 4 nitrogen and oxygen atoms in total. The van der Waals surface area contributed by atoms with Crippen LogP contribution in [0.2, 0.25) is 0 Å². The van der Waals surface area contributed by atoms with Gasteiger partial charge in [0.05, 0.1) is 0 Å². The minimum atomic E-state index is -4.42. The van der Waals surface area contributed by atoms with Crippen molar-refractivity contribution in [3.63, 3.8) is 0 Å². The quantitative estimate of drug-likeness (QED) is 0.528. The summed E-state index contributed by atoms with van der Waals surface area (Å²) in [5.74, 6) is -2.32. The van der Waals surface area contributed by atoms with E-state index in [2.05, 4.69) is 0 Å². The van der Waals surface area contributed by atoms with E-state index in [4.69, 9.17) is 6.64 Å². The summed E-state index contributed by atoms with van der Waals surface area (Å²) in [5.41, 5.74) is 0.319. The first-order valence-corrected chi connectivity index (χ1v) is 12.5. The van der Waals surface area contributed by atoms with Gasteiger partial charge in [0.1, 0.15) is 0 Å². The van der Waals surface area contributed by atoms with E-state index in [0.717, 1.165) is 7.76 Å². The van der Waals surface area contributed by atoms with Gasteiger partial charge in [0.2, 0.25) is 0 Å². The molecule has 156 valence electrons. The van der Waals surface area contributed by atoms with Crippen LogP contribution in [0.1, 0.15) is 33.6 Å². The van der Waals surface area contributed by atoms with E-state index < -0.39 is 40.9 Å². The van der Waals surface area contributed by atoms with Crippen LogP contribution in [-0.2, 0) is 24.0 Å². The van der Waals surface area contributed by atoms with Crippen LogP contribution in [0.25, 0.3) is 0 Å². The maximum atomic E-state index is 13.3. The number of benzene rings is 2. The second-order valence-corrected chi connectivity index (χ2v) is 11.6. The van der Waals surface area contributed by atoms with Gasteiger partial charge in [-0.15, -0.1) is 0 Å². The van der Waals surface area contributed by atoms with Crippen LogP contribution >= 0.6 is 0 Å². The topological polar surface area (TPSA) is 52.6 Å². The molecule has 0 saturated carbocycles. The van der Waals surface area contributed by atoms with E-state index in [1.54, 1.807) is 0 Å².